The van der Waals surface area contributed by atoms with Crippen molar-refractivity contribution in [1.82, 2.24) is 4.98 Å². The molecule has 14 heavy (non-hydrogen) atoms. The molecule has 1 heterocycles. The molecule has 0 saturated heterocycles. The van der Waals surface area contributed by atoms with Gasteiger partial charge in [0, 0.05) is 12.8 Å². The molecule has 76 valence electrons. The molecule has 4 heteroatoms. The zero-order valence-corrected chi connectivity index (χ0v) is 8.13. The van der Waals surface area contributed by atoms with Gasteiger partial charge in [-0.1, -0.05) is 6.07 Å². The first-order chi connectivity index (χ1) is 6.93. The summed E-state index contributed by atoms with van der Waals surface area (Å²) < 4.78 is 0. The van der Waals surface area contributed by atoms with Crippen molar-refractivity contribution in [3.63, 3.8) is 0 Å². The van der Waals surface area contributed by atoms with E-state index in [4.69, 9.17) is 5.11 Å². The fraction of sp³-hybridized carbons (Fsp3) is 0.500. The Balaban J connectivity index is 2.15. The molecule has 1 rings (SSSR count). The van der Waals surface area contributed by atoms with Gasteiger partial charge >= 0.3 is 0 Å². The Morgan fingerprint density at radius 1 is 1.21 bits per heavy atom. The van der Waals surface area contributed by atoms with E-state index in [9.17, 15) is 0 Å². The van der Waals surface area contributed by atoms with Crippen LogP contribution in [0.4, 0.5) is 5.82 Å². The van der Waals surface area contributed by atoms with E-state index in [2.05, 4.69) is 15.2 Å². The van der Waals surface area contributed by atoms with Crippen LogP contribution in [0.25, 0.3) is 0 Å². The van der Waals surface area contributed by atoms with E-state index in [1.165, 1.54) is 0 Å². The highest BCUT2D eigenvalue weighted by Crippen LogP contribution is 2.05. The number of nitrogens with zero attached hydrogens (tertiary/aromatic N) is 3. The van der Waals surface area contributed by atoms with Crippen molar-refractivity contribution in [2.45, 2.75) is 19.3 Å². The van der Waals surface area contributed by atoms with Gasteiger partial charge < -0.3 is 5.11 Å². The summed E-state index contributed by atoms with van der Waals surface area (Å²) in [5.41, 5.74) is 0. The van der Waals surface area contributed by atoms with Gasteiger partial charge in [-0.25, -0.2) is 4.98 Å². The van der Waals surface area contributed by atoms with Crippen molar-refractivity contribution in [2.75, 3.05) is 13.2 Å². The van der Waals surface area contributed by atoms with Crippen LogP contribution in [-0.2, 0) is 0 Å². The molecule has 4 nitrogen and oxygen atoms in total. The summed E-state index contributed by atoms with van der Waals surface area (Å²) in [5, 5.41) is 16.5. The van der Waals surface area contributed by atoms with Gasteiger partial charge in [0.2, 0.25) is 0 Å². The predicted molar refractivity (Wildman–Crippen MR) is 54.6 cm³/mol. The van der Waals surface area contributed by atoms with Crippen molar-refractivity contribution in [3.8, 4) is 0 Å². The Bertz CT molecular complexity index is 261. The van der Waals surface area contributed by atoms with Crippen LogP contribution in [0.5, 0.6) is 0 Å². The fourth-order valence-electron chi connectivity index (χ4n) is 1.01. The van der Waals surface area contributed by atoms with Gasteiger partial charge in [-0.2, -0.15) is 5.11 Å². The maximum absolute atomic E-state index is 8.54. The van der Waals surface area contributed by atoms with Gasteiger partial charge in [-0.15, -0.1) is 5.11 Å². The SMILES string of the molecule is OCCCCCN=Nc1ccccn1. The van der Waals surface area contributed by atoms with Crippen molar-refractivity contribution >= 4 is 5.82 Å². The van der Waals surface area contributed by atoms with Crippen molar-refractivity contribution in [2.24, 2.45) is 10.2 Å². The van der Waals surface area contributed by atoms with Crippen LogP contribution < -0.4 is 0 Å². The van der Waals surface area contributed by atoms with E-state index in [1.54, 1.807) is 6.20 Å². The second kappa shape index (κ2) is 7.15. The topological polar surface area (TPSA) is 57.8 Å². The third-order valence-electron chi connectivity index (χ3n) is 1.74. The molecule has 0 fully saturated rings. The summed E-state index contributed by atoms with van der Waals surface area (Å²) in [4.78, 5) is 4.01. The summed E-state index contributed by atoms with van der Waals surface area (Å²) in [5.74, 6) is 0.648. The van der Waals surface area contributed by atoms with Crippen molar-refractivity contribution in [1.29, 1.82) is 0 Å². The molecular formula is C10H15N3O. The highest BCUT2D eigenvalue weighted by Gasteiger charge is 1.88. The lowest BCUT2D eigenvalue weighted by Crippen LogP contribution is -1.85. The molecule has 0 saturated carbocycles. The minimum absolute atomic E-state index is 0.261. The second-order valence-electron chi connectivity index (χ2n) is 2.94. The van der Waals surface area contributed by atoms with E-state index in [1.807, 2.05) is 18.2 Å². The van der Waals surface area contributed by atoms with Gasteiger partial charge in [0.05, 0.1) is 6.54 Å². The number of pyridine rings is 1. The Morgan fingerprint density at radius 2 is 2.14 bits per heavy atom. The molecule has 0 unspecified atom stereocenters. The van der Waals surface area contributed by atoms with Gasteiger partial charge in [0.25, 0.3) is 0 Å². The fourth-order valence-corrected chi connectivity index (χ4v) is 1.01. The first-order valence-corrected chi connectivity index (χ1v) is 4.83. The number of rotatable bonds is 6. The minimum atomic E-state index is 0.261. The Kier molecular flexibility index (Phi) is 5.51. The average molecular weight is 193 g/mol. The molecule has 0 amide bonds. The minimum Gasteiger partial charge on any atom is -0.396 e. The molecule has 0 bridgehead atoms. The molecule has 0 aliphatic rings. The lowest BCUT2D eigenvalue weighted by Gasteiger charge is -1.93. The lowest BCUT2D eigenvalue weighted by atomic mass is 10.2. The van der Waals surface area contributed by atoms with E-state index in [-0.39, 0.29) is 6.61 Å². The summed E-state index contributed by atoms with van der Waals surface area (Å²) in [6, 6.07) is 5.55. The Labute approximate surface area is 83.7 Å². The molecule has 0 spiro atoms. The molecular weight excluding hydrogens is 178 g/mol. The molecule has 0 aliphatic heterocycles. The smallest absolute Gasteiger partial charge is 0.173 e. The number of aliphatic hydroxyl groups is 1. The van der Waals surface area contributed by atoms with E-state index < -0.39 is 0 Å². The number of unbranched alkanes of at least 4 members (excludes halogenated alkanes) is 2. The van der Waals surface area contributed by atoms with Crippen LogP contribution in [0.15, 0.2) is 34.6 Å². The molecule has 0 radical (unpaired) electrons. The summed E-state index contributed by atoms with van der Waals surface area (Å²) in [7, 11) is 0. The van der Waals surface area contributed by atoms with Gasteiger partial charge in [0.1, 0.15) is 0 Å². The maximum atomic E-state index is 8.54. The summed E-state index contributed by atoms with van der Waals surface area (Å²) in [6.45, 7) is 0.966. The van der Waals surface area contributed by atoms with Gasteiger partial charge in [-0.05, 0) is 31.4 Å². The normalized spacial score (nSPS) is 10.9. The molecule has 1 N–H and O–H groups in total. The Morgan fingerprint density at radius 3 is 2.86 bits per heavy atom. The van der Waals surface area contributed by atoms with E-state index in [0.717, 1.165) is 19.3 Å². The molecule has 0 aliphatic carbocycles. The number of hydrogen-bond acceptors (Lipinski definition) is 4. The van der Waals surface area contributed by atoms with Crippen LogP contribution in [0, 0.1) is 0 Å². The van der Waals surface area contributed by atoms with Crippen LogP contribution in [0.2, 0.25) is 0 Å². The first kappa shape index (κ1) is 10.8. The number of hydrogen-bond donors (Lipinski definition) is 1. The third kappa shape index (κ3) is 4.67. The highest BCUT2D eigenvalue weighted by molar-refractivity contribution is 5.23. The third-order valence-corrected chi connectivity index (χ3v) is 1.74. The zero-order chi connectivity index (χ0) is 10.1. The monoisotopic (exact) mass is 193 g/mol. The van der Waals surface area contributed by atoms with Crippen molar-refractivity contribution in [3.05, 3.63) is 24.4 Å². The summed E-state index contributed by atoms with van der Waals surface area (Å²) in [6.07, 6.45) is 4.51. The number of azo groups is 1. The lowest BCUT2D eigenvalue weighted by molar-refractivity contribution is 0.283. The van der Waals surface area contributed by atoms with Crippen LogP contribution in [0.1, 0.15) is 19.3 Å². The molecule has 0 atom stereocenters. The highest BCUT2D eigenvalue weighted by atomic mass is 16.2. The second-order valence-corrected chi connectivity index (χ2v) is 2.94. The van der Waals surface area contributed by atoms with Crippen LogP contribution >= 0.6 is 0 Å². The quantitative estimate of drug-likeness (QED) is 0.556. The predicted octanol–water partition coefficient (Wildman–Crippen LogP) is 2.33. The van der Waals surface area contributed by atoms with Gasteiger partial charge in [0.15, 0.2) is 5.82 Å². The standard InChI is InChI=1S/C10H15N3O/c14-9-5-1-3-8-12-13-10-6-2-4-7-11-10/h2,4,6-7,14H,1,3,5,8-9H2. The van der Waals surface area contributed by atoms with Crippen molar-refractivity contribution < 1.29 is 5.11 Å². The first-order valence-electron chi connectivity index (χ1n) is 4.83. The molecule has 0 aromatic carbocycles. The molecule has 1 aromatic heterocycles. The molecule has 1 aromatic rings. The number of aliphatic hydroxyl groups excluding tert-OH is 1. The van der Waals surface area contributed by atoms with E-state index in [0.29, 0.717) is 12.4 Å². The number of aromatic nitrogens is 1. The van der Waals surface area contributed by atoms with Gasteiger partial charge in [-0.3, -0.25) is 0 Å². The van der Waals surface area contributed by atoms with E-state index >= 15 is 0 Å². The van der Waals surface area contributed by atoms with Crippen LogP contribution in [0.3, 0.4) is 0 Å². The summed E-state index contributed by atoms with van der Waals surface area (Å²) >= 11 is 0. The van der Waals surface area contributed by atoms with Crippen LogP contribution in [-0.4, -0.2) is 23.2 Å². The maximum Gasteiger partial charge on any atom is 0.173 e. The largest absolute Gasteiger partial charge is 0.396 e. The average Bonchev–Trinajstić information content (AvgIpc) is 2.25. The Hall–Kier alpha value is -1.29. The zero-order valence-electron chi connectivity index (χ0n) is 8.13.